The number of ether oxygens (including phenoxy) is 1. The second kappa shape index (κ2) is 7.45. The summed E-state index contributed by atoms with van der Waals surface area (Å²) in [6, 6.07) is 13.6. The SMILES string of the molecule is O=C(O)[C@H]1CCC[C@@H](c2ccc(OCc3ccccc3F)cc2)N1. The molecule has 0 radical (unpaired) electrons. The summed E-state index contributed by atoms with van der Waals surface area (Å²) < 4.78 is 19.2. The van der Waals surface area contributed by atoms with Crippen LogP contribution in [0.15, 0.2) is 48.5 Å². The minimum Gasteiger partial charge on any atom is -0.489 e. The molecule has 0 aromatic heterocycles. The summed E-state index contributed by atoms with van der Waals surface area (Å²) >= 11 is 0. The van der Waals surface area contributed by atoms with Crippen molar-refractivity contribution in [3.63, 3.8) is 0 Å². The van der Waals surface area contributed by atoms with E-state index in [0.29, 0.717) is 17.7 Å². The van der Waals surface area contributed by atoms with Gasteiger partial charge in [-0.2, -0.15) is 0 Å². The zero-order valence-electron chi connectivity index (χ0n) is 13.2. The number of hydrogen-bond acceptors (Lipinski definition) is 3. The number of hydrogen-bond donors (Lipinski definition) is 2. The van der Waals surface area contributed by atoms with Gasteiger partial charge in [-0.05, 0) is 43.0 Å². The van der Waals surface area contributed by atoms with E-state index in [4.69, 9.17) is 9.84 Å². The molecule has 1 heterocycles. The normalized spacial score (nSPS) is 20.5. The van der Waals surface area contributed by atoms with Crippen LogP contribution >= 0.6 is 0 Å². The Kier molecular flexibility index (Phi) is 5.11. The molecule has 0 amide bonds. The van der Waals surface area contributed by atoms with Crippen molar-refractivity contribution >= 4 is 5.97 Å². The van der Waals surface area contributed by atoms with Crippen molar-refractivity contribution in [3.8, 4) is 5.75 Å². The highest BCUT2D eigenvalue weighted by Gasteiger charge is 2.26. The number of carbonyl (C=O) groups is 1. The minimum absolute atomic E-state index is 0.0421. The zero-order valence-corrected chi connectivity index (χ0v) is 13.2. The number of aliphatic carboxylic acids is 1. The first-order chi connectivity index (χ1) is 11.6. The lowest BCUT2D eigenvalue weighted by Gasteiger charge is -2.29. The Hall–Kier alpha value is -2.40. The van der Waals surface area contributed by atoms with Gasteiger partial charge in [-0.3, -0.25) is 10.1 Å². The Morgan fingerprint density at radius 3 is 2.62 bits per heavy atom. The van der Waals surface area contributed by atoms with Gasteiger partial charge >= 0.3 is 5.97 Å². The molecule has 0 bridgehead atoms. The molecule has 0 spiro atoms. The molecule has 0 aliphatic carbocycles. The topological polar surface area (TPSA) is 58.6 Å². The van der Waals surface area contributed by atoms with Crippen molar-refractivity contribution in [2.24, 2.45) is 0 Å². The van der Waals surface area contributed by atoms with E-state index in [0.717, 1.165) is 18.4 Å². The van der Waals surface area contributed by atoms with E-state index in [2.05, 4.69) is 5.32 Å². The monoisotopic (exact) mass is 329 g/mol. The second-order valence-electron chi connectivity index (χ2n) is 5.99. The second-order valence-corrected chi connectivity index (χ2v) is 5.99. The first-order valence-electron chi connectivity index (χ1n) is 8.08. The summed E-state index contributed by atoms with van der Waals surface area (Å²) in [5.74, 6) is -0.419. The Labute approximate surface area is 140 Å². The van der Waals surface area contributed by atoms with Crippen LogP contribution in [0.4, 0.5) is 4.39 Å². The van der Waals surface area contributed by atoms with Crippen LogP contribution in [0, 0.1) is 5.82 Å². The number of carboxylic acid groups (broad SMARTS) is 1. The van der Waals surface area contributed by atoms with Gasteiger partial charge in [0, 0.05) is 11.6 Å². The predicted molar refractivity (Wildman–Crippen MR) is 88.3 cm³/mol. The highest BCUT2D eigenvalue weighted by molar-refractivity contribution is 5.73. The third-order valence-electron chi connectivity index (χ3n) is 4.32. The van der Waals surface area contributed by atoms with Gasteiger partial charge < -0.3 is 9.84 Å². The van der Waals surface area contributed by atoms with Gasteiger partial charge in [-0.1, -0.05) is 30.3 Å². The minimum atomic E-state index is -0.801. The van der Waals surface area contributed by atoms with E-state index in [-0.39, 0.29) is 18.5 Å². The number of rotatable bonds is 5. The van der Waals surface area contributed by atoms with E-state index in [1.807, 2.05) is 24.3 Å². The van der Waals surface area contributed by atoms with Crippen molar-refractivity contribution in [1.29, 1.82) is 0 Å². The van der Waals surface area contributed by atoms with Crippen molar-refractivity contribution in [2.75, 3.05) is 0 Å². The molecule has 0 saturated carbocycles. The maximum Gasteiger partial charge on any atom is 0.320 e. The van der Waals surface area contributed by atoms with Gasteiger partial charge in [-0.25, -0.2) is 4.39 Å². The molecule has 5 heteroatoms. The Morgan fingerprint density at radius 1 is 1.17 bits per heavy atom. The molecule has 1 aliphatic heterocycles. The maximum absolute atomic E-state index is 13.6. The van der Waals surface area contributed by atoms with Crippen LogP contribution < -0.4 is 10.1 Å². The van der Waals surface area contributed by atoms with Crippen LogP contribution in [-0.4, -0.2) is 17.1 Å². The van der Waals surface area contributed by atoms with Gasteiger partial charge in [0.1, 0.15) is 24.2 Å². The summed E-state index contributed by atoms with van der Waals surface area (Å²) in [5, 5.41) is 12.3. The Bertz CT molecular complexity index is 702. The average Bonchev–Trinajstić information content (AvgIpc) is 2.61. The molecule has 1 saturated heterocycles. The highest BCUT2D eigenvalue weighted by Crippen LogP contribution is 2.27. The zero-order chi connectivity index (χ0) is 16.9. The van der Waals surface area contributed by atoms with Crippen molar-refractivity contribution in [1.82, 2.24) is 5.32 Å². The van der Waals surface area contributed by atoms with Crippen LogP contribution in [0.2, 0.25) is 0 Å². The van der Waals surface area contributed by atoms with E-state index in [1.54, 1.807) is 18.2 Å². The third-order valence-corrected chi connectivity index (χ3v) is 4.32. The lowest BCUT2D eigenvalue weighted by molar-refractivity contribution is -0.140. The molecule has 2 aromatic rings. The van der Waals surface area contributed by atoms with Crippen molar-refractivity contribution in [2.45, 2.75) is 38.0 Å². The van der Waals surface area contributed by atoms with Crippen molar-refractivity contribution < 1.29 is 19.0 Å². The molecule has 3 rings (SSSR count). The fourth-order valence-electron chi connectivity index (χ4n) is 2.97. The average molecular weight is 329 g/mol. The summed E-state index contributed by atoms with van der Waals surface area (Å²) in [7, 11) is 0. The van der Waals surface area contributed by atoms with Gasteiger partial charge in [0.05, 0.1) is 0 Å². The fourth-order valence-corrected chi connectivity index (χ4v) is 2.97. The first-order valence-corrected chi connectivity index (χ1v) is 8.08. The van der Waals surface area contributed by atoms with Crippen LogP contribution in [0.5, 0.6) is 5.75 Å². The summed E-state index contributed by atoms with van der Waals surface area (Å²) in [6.07, 6.45) is 2.47. The maximum atomic E-state index is 13.6. The Morgan fingerprint density at radius 2 is 1.92 bits per heavy atom. The van der Waals surface area contributed by atoms with Crippen LogP contribution in [0.3, 0.4) is 0 Å². The molecule has 0 unspecified atom stereocenters. The Balaban J connectivity index is 1.61. The molecule has 1 aliphatic rings. The largest absolute Gasteiger partial charge is 0.489 e. The van der Waals surface area contributed by atoms with E-state index < -0.39 is 12.0 Å². The molecule has 126 valence electrons. The number of carboxylic acids is 1. The fraction of sp³-hybridized carbons (Fsp3) is 0.316. The van der Waals surface area contributed by atoms with E-state index >= 15 is 0 Å². The third kappa shape index (κ3) is 3.92. The first kappa shape index (κ1) is 16.5. The lowest BCUT2D eigenvalue weighted by Crippen LogP contribution is -2.42. The van der Waals surface area contributed by atoms with Crippen LogP contribution in [-0.2, 0) is 11.4 Å². The summed E-state index contributed by atoms with van der Waals surface area (Å²) in [4.78, 5) is 11.1. The lowest BCUT2D eigenvalue weighted by atomic mass is 9.93. The summed E-state index contributed by atoms with van der Waals surface area (Å²) in [5.41, 5.74) is 1.55. The standard InChI is InChI=1S/C19H20FNO3/c20-16-5-2-1-4-14(16)12-24-15-10-8-13(9-11-15)17-6-3-7-18(21-17)19(22)23/h1-2,4-5,8-11,17-18,21H,3,6-7,12H2,(H,22,23)/t17-,18+/m0/s1. The molecule has 2 aromatic carbocycles. The van der Waals surface area contributed by atoms with Gasteiger partial charge in [0.25, 0.3) is 0 Å². The molecular weight excluding hydrogens is 309 g/mol. The van der Waals surface area contributed by atoms with Crippen LogP contribution in [0.1, 0.15) is 36.4 Å². The van der Waals surface area contributed by atoms with E-state index in [1.165, 1.54) is 6.07 Å². The quantitative estimate of drug-likeness (QED) is 0.879. The number of benzene rings is 2. The van der Waals surface area contributed by atoms with Crippen molar-refractivity contribution in [3.05, 3.63) is 65.5 Å². The van der Waals surface area contributed by atoms with Gasteiger partial charge in [0.2, 0.25) is 0 Å². The molecule has 2 N–H and O–H groups in total. The molecule has 2 atom stereocenters. The highest BCUT2D eigenvalue weighted by atomic mass is 19.1. The molecular formula is C19H20FNO3. The number of piperidine rings is 1. The van der Waals surface area contributed by atoms with E-state index in [9.17, 15) is 9.18 Å². The smallest absolute Gasteiger partial charge is 0.320 e. The molecule has 24 heavy (non-hydrogen) atoms. The molecule has 1 fully saturated rings. The van der Waals surface area contributed by atoms with Gasteiger partial charge in [0.15, 0.2) is 0 Å². The molecule has 4 nitrogen and oxygen atoms in total. The number of halogens is 1. The van der Waals surface area contributed by atoms with Crippen LogP contribution in [0.25, 0.3) is 0 Å². The van der Waals surface area contributed by atoms with Gasteiger partial charge in [-0.15, -0.1) is 0 Å². The predicted octanol–water partition coefficient (Wildman–Crippen LogP) is 3.67. The summed E-state index contributed by atoms with van der Waals surface area (Å²) in [6.45, 7) is 0.175. The number of nitrogens with one attached hydrogen (secondary N) is 1.